The van der Waals surface area contributed by atoms with Crippen LogP contribution in [0.3, 0.4) is 0 Å². The highest BCUT2D eigenvalue weighted by atomic mass is 35.5. The average molecular weight is 213 g/mol. The van der Waals surface area contributed by atoms with Gasteiger partial charge in [0.25, 0.3) is 0 Å². The Bertz CT molecular complexity index is 385. The van der Waals surface area contributed by atoms with Gasteiger partial charge in [0.05, 0.1) is 5.57 Å². The Labute approximate surface area is 87.4 Å². The number of carbonyl (C=O) groups is 1. The number of para-hydroxylation sites is 1. The Morgan fingerprint density at radius 3 is 2.79 bits per heavy atom. The molecule has 1 heterocycles. The molecule has 74 valence electrons. The molecule has 3 nitrogen and oxygen atoms in total. The molecule has 0 saturated carbocycles. The minimum Gasteiger partial charge on any atom is -0.488 e. The maximum absolute atomic E-state index is 10.6. The van der Waals surface area contributed by atoms with Crippen molar-refractivity contribution in [1.82, 2.24) is 0 Å². The molecule has 0 fully saturated rings. The molecule has 0 saturated heterocycles. The van der Waals surface area contributed by atoms with Gasteiger partial charge in [0.15, 0.2) is 0 Å². The van der Waals surface area contributed by atoms with Gasteiger partial charge in [-0.25, -0.2) is 4.79 Å². The van der Waals surface area contributed by atoms with Crippen LogP contribution in [-0.2, 0) is 4.79 Å². The van der Waals surface area contributed by atoms with Crippen LogP contribution in [0.2, 0.25) is 0 Å². The van der Waals surface area contributed by atoms with E-state index in [0.29, 0.717) is 5.57 Å². The van der Waals surface area contributed by atoms with Gasteiger partial charge in [-0.05, 0) is 12.1 Å². The third-order valence-corrected chi connectivity index (χ3v) is 1.91. The van der Waals surface area contributed by atoms with Crippen LogP contribution in [-0.4, -0.2) is 17.7 Å². The summed E-state index contributed by atoms with van der Waals surface area (Å²) in [6.45, 7) is 0.145. The summed E-state index contributed by atoms with van der Waals surface area (Å²) in [4.78, 5) is 10.6. The van der Waals surface area contributed by atoms with Crippen LogP contribution in [0.4, 0.5) is 0 Å². The fourth-order valence-corrected chi connectivity index (χ4v) is 1.24. The summed E-state index contributed by atoms with van der Waals surface area (Å²) >= 11 is 0. The molecule has 1 aliphatic rings. The predicted molar refractivity (Wildman–Crippen MR) is 54.8 cm³/mol. The van der Waals surface area contributed by atoms with E-state index in [1.165, 1.54) is 0 Å². The lowest BCUT2D eigenvalue weighted by molar-refractivity contribution is -0.132. The minimum atomic E-state index is -0.922. The van der Waals surface area contributed by atoms with Crippen LogP contribution in [0.15, 0.2) is 29.8 Å². The maximum Gasteiger partial charge on any atom is 0.335 e. The first-order valence-corrected chi connectivity index (χ1v) is 3.93. The smallest absolute Gasteiger partial charge is 0.335 e. The van der Waals surface area contributed by atoms with Crippen LogP contribution >= 0.6 is 12.4 Å². The Hall–Kier alpha value is -1.48. The van der Waals surface area contributed by atoms with Gasteiger partial charge in [-0.3, -0.25) is 0 Å². The molecule has 0 bridgehead atoms. The third-order valence-electron chi connectivity index (χ3n) is 1.91. The molecule has 1 aromatic rings. The quantitative estimate of drug-likeness (QED) is 0.774. The van der Waals surface area contributed by atoms with Crippen LogP contribution < -0.4 is 4.74 Å². The van der Waals surface area contributed by atoms with Gasteiger partial charge in [-0.15, -0.1) is 12.4 Å². The van der Waals surface area contributed by atoms with Crippen LogP contribution in [0, 0.1) is 0 Å². The van der Waals surface area contributed by atoms with Crippen LogP contribution in [0.25, 0.3) is 6.08 Å². The molecule has 0 aliphatic carbocycles. The number of carboxylic acids is 1. The number of hydrogen-bond acceptors (Lipinski definition) is 2. The van der Waals surface area contributed by atoms with E-state index in [2.05, 4.69) is 0 Å². The largest absolute Gasteiger partial charge is 0.488 e. The summed E-state index contributed by atoms with van der Waals surface area (Å²) in [7, 11) is 0. The van der Waals surface area contributed by atoms with Crippen molar-refractivity contribution in [3.8, 4) is 5.75 Å². The number of carboxylic acid groups (broad SMARTS) is 1. The van der Waals surface area contributed by atoms with Crippen molar-refractivity contribution in [3.05, 3.63) is 35.4 Å². The Kier molecular flexibility index (Phi) is 3.14. The molecule has 0 radical (unpaired) electrons. The molecular weight excluding hydrogens is 204 g/mol. The van der Waals surface area contributed by atoms with Gasteiger partial charge in [0.2, 0.25) is 0 Å². The van der Waals surface area contributed by atoms with Crippen LogP contribution in [0.1, 0.15) is 5.56 Å². The molecule has 1 aromatic carbocycles. The molecule has 0 amide bonds. The number of hydrogen-bond donors (Lipinski definition) is 1. The zero-order valence-corrected chi connectivity index (χ0v) is 8.08. The van der Waals surface area contributed by atoms with Crippen molar-refractivity contribution in [2.75, 3.05) is 6.61 Å². The Balaban J connectivity index is 0.000000980. The second-order valence-electron chi connectivity index (χ2n) is 2.80. The second kappa shape index (κ2) is 4.15. The number of fused-ring (bicyclic) bond motifs is 1. The monoisotopic (exact) mass is 212 g/mol. The van der Waals surface area contributed by atoms with Crippen LogP contribution in [0.5, 0.6) is 5.75 Å². The highest BCUT2D eigenvalue weighted by Gasteiger charge is 2.15. The first-order valence-electron chi connectivity index (χ1n) is 3.93. The molecule has 14 heavy (non-hydrogen) atoms. The topological polar surface area (TPSA) is 46.5 Å². The molecule has 4 heteroatoms. The van der Waals surface area contributed by atoms with Crippen molar-refractivity contribution in [3.63, 3.8) is 0 Å². The lowest BCUT2D eigenvalue weighted by Crippen LogP contribution is -2.13. The SMILES string of the molecule is Cl.O=C(O)C1=Cc2ccccc2OC1. The maximum atomic E-state index is 10.6. The molecule has 0 unspecified atom stereocenters. The number of ether oxygens (including phenoxy) is 1. The van der Waals surface area contributed by atoms with Gasteiger partial charge in [0.1, 0.15) is 12.4 Å². The molecule has 0 atom stereocenters. The molecule has 0 spiro atoms. The zero-order valence-electron chi connectivity index (χ0n) is 7.27. The number of rotatable bonds is 1. The van der Waals surface area contributed by atoms with E-state index in [0.717, 1.165) is 11.3 Å². The molecule has 1 aliphatic heterocycles. The van der Waals surface area contributed by atoms with Crippen molar-refractivity contribution in [2.45, 2.75) is 0 Å². The second-order valence-corrected chi connectivity index (χ2v) is 2.80. The first kappa shape index (κ1) is 10.6. The van der Waals surface area contributed by atoms with E-state index in [-0.39, 0.29) is 19.0 Å². The summed E-state index contributed by atoms with van der Waals surface area (Å²) in [5, 5.41) is 8.72. The number of halogens is 1. The first-order chi connectivity index (χ1) is 6.27. The third kappa shape index (κ3) is 1.88. The summed E-state index contributed by atoms with van der Waals surface area (Å²) in [5.74, 6) is -0.179. The molecule has 2 rings (SSSR count). The number of aliphatic carboxylic acids is 1. The fraction of sp³-hybridized carbons (Fsp3) is 0.100. The summed E-state index contributed by atoms with van der Waals surface area (Å²) in [5.41, 5.74) is 1.12. The lowest BCUT2D eigenvalue weighted by Gasteiger charge is -2.14. The summed E-state index contributed by atoms with van der Waals surface area (Å²) < 4.78 is 5.25. The van der Waals surface area contributed by atoms with Gasteiger partial charge < -0.3 is 9.84 Å². The van der Waals surface area contributed by atoms with Crippen molar-refractivity contribution >= 4 is 24.5 Å². The fourth-order valence-electron chi connectivity index (χ4n) is 1.24. The van der Waals surface area contributed by atoms with E-state index in [4.69, 9.17) is 9.84 Å². The van der Waals surface area contributed by atoms with Crippen molar-refractivity contribution < 1.29 is 14.6 Å². The molecule has 0 aromatic heterocycles. The normalized spacial score (nSPS) is 13.0. The van der Waals surface area contributed by atoms with Crippen molar-refractivity contribution in [2.24, 2.45) is 0 Å². The van der Waals surface area contributed by atoms with E-state index in [1.54, 1.807) is 6.08 Å². The molecular formula is C10H9ClO3. The van der Waals surface area contributed by atoms with Gasteiger partial charge in [0, 0.05) is 5.56 Å². The van der Waals surface area contributed by atoms with Crippen molar-refractivity contribution in [1.29, 1.82) is 0 Å². The minimum absolute atomic E-state index is 0. The highest BCUT2D eigenvalue weighted by molar-refractivity contribution is 5.93. The van der Waals surface area contributed by atoms with Gasteiger partial charge in [-0.2, -0.15) is 0 Å². The lowest BCUT2D eigenvalue weighted by atomic mass is 10.1. The Morgan fingerprint density at radius 2 is 2.07 bits per heavy atom. The predicted octanol–water partition coefficient (Wildman–Crippen LogP) is 1.97. The highest BCUT2D eigenvalue weighted by Crippen LogP contribution is 2.25. The van der Waals surface area contributed by atoms with E-state index in [1.807, 2.05) is 24.3 Å². The Morgan fingerprint density at radius 1 is 1.36 bits per heavy atom. The van der Waals surface area contributed by atoms with Gasteiger partial charge >= 0.3 is 5.97 Å². The molecule has 1 N–H and O–H groups in total. The van der Waals surface area contributed by atoms with E-state index >= 15 is 0 Å². The van der Waals surface area contributed by atoms with E-state index in [9.17, 15) is 4.79 Å². The van der Waals surface area contributed by atoms with Gasteiger partial charge in [-0.1, -0.05) is 18.2 Å². The standard InChI is InChI=1S/C10H8O3.ClH/c11-10(12)8-5-7-3-1-2-4-9(7)13-6-8;/h1-5H,6H2,(H,11,12);1H. The average Bonchev–Trinajstić information content (AvgIpc) is 2.17. The summed E-state index contributed by atoms with van der Waals surface area (Å²) in [6, 6.07) is 7.36. The zero-order chi connectivity index (χ0) is 9.26. The van der Waals surface area contributed by atoms with E-state index < -0.39 is 5.97 Å². The number of benzene rings is 1. The summed E-state index contributed by atoms with van der Waals surface area (Å²) in [6.07, 6.45) is 1.64.